The maximum atomic E-state index is 12.6. The fraction of sp³-hybridized carbons (Fsp3) is 0.227. The summed E-state index contributed by atoms with van der Waals surface area (Å²) in [4.78, 5) is 12.6. The van der Waals surface area contributed by atoms with Crippen LogP contribution >= 0.6 is 11.6 Å². The minimum absolute atomic E-state index is 0.00368. The highest BCUT2D eigenvalue weighted by molar-refractivity contribution is 7.90. The van der Waals surface area contributed by atoms with Crippen LogP contribution in [-0.2, 0) is 15.6 Å². The SMILES string of the molecule is Cc1cc(Cl)ccc1OCCCNC(=O)c1occc1CS(=O)(=O)c1ccccc1. The van der Waals surface area contributed by atoms with Crippen LogP contribution in [0.5, 0.6) is 5.75 Å². The van der Waals surface area contributed by atoms with Crippen LogP contribution in [0, 0.1) is 6.92 Å². The molecule has 0 bridgehead atoms. The Morgan fingerprint density at radius 1 is 1.13 bits per heavy atom. The maximum Gasteiger partial charge on any atom is 0.287 e. The molecule has 3 rings (SSSR count). The molecular weight excluding hydrogens is 426 g/mol. The number of halogens is 1. The van der Waals surface area contributed by atoms with Gasteiger partial charge in [-0.25, -0.2) is 8.42 Å². The summed E-state index contributed by atoms with van der Waals surface area (Å²) >= 11 is 5.92. The molecule has 3 aromatic rings. The number of nitrogens with one attached hydrogen (secondary N) is 1. The van der Waals surface area contributed by atoms with Gasteiger partial charge in [0.25, 0.3) is 5.91 Å². The highest BCUT2D eigenvalue weighted by atomic mass is 35.5. The molecule has 1 amide bonds. The smallest absolute Gasteiger partial charge is 0.287 e. The first-order valence-electron chi connectivity index (χ1n) is 9.38. The van der Waals surface area contributed by atoms with Gasteiger partial charge in [0.2, 0.25) is 0 Å². The van der Waals surface area contributed by atoms with Crippen molar-refractivity contribution in [1.82, 2.24) is 5.32 Å². The molecule has 6 nitrogen and oxygen atoms in total. The predicted molar refractivity (Wildman–Crippen MR) is 115 cm³/mol. The fourth-order valence-corrected chi connectivity index (χ4v) is 4.48. The Bertz CT molecular complexity index is 1110. The molecule has 0 fully saturated rings. The maximum absolute atomic E-state index is 12.6. The lowest BCUT2D eigenvalue weighted by molar-refractivity contribution is 0.0923. The zero-order valence-electron chi connectivity index (χ0n) is 16.4. The Kier molecular flexibility index (Phi) is 7.18. The van der Waals surface area contributed by atoms with E-state index in [1.54, 1.807) is 30.3 Å². The Balaban J connectivity index is 1.51. The molecule has 8 heteroatoms. The average Bonchev–Trinajstić information content (AvgIpc) is 3.17. The highest BCUT2D eigenvalue weighted by Gasteiger charge is 2.22. The van der Waals surface area contributed by atoms with Crippen molar-refractivity contribution >= 4 is 27.3 Å². The van der Waals surface area contributed by atoms with E-state index < -0.39 is 15.7 Å². The summed E-state index contributed by atoms with van der Waals surface area (Å²) < 4.78 is 36.0. The van der Waals surface area contributed by atoms with E-state index in [0.717, 1.165) is 11.3 Å². The molecule has 0 atom stereocenters. The van der Waals surface area contributed by atoms with E-state index >= 15 is 0 Å². The number of amides is 1. The van der Waals surface area contributed by atoms with E-state index in [1.165, 1.54) is 24.5 Å². The van der Waals surface area contributed by atoms with Crippen LogP contribution in [0.25, 0.3) is 0 Å². The molecule has 158 valence electrons. The molecule has 2 aromatic carbocycles. The summed E-state index contributed by atoms with van der Waals surface area (Å²) in [5.41, 5.74) is 1.26. The van der Waals surface area contributed by atoms with E-state index in [0.29, 0.717) is 30.2 Å². The first kappa shape index (κ1) is 21.9. The first-order chi connectivity index (χ1) is 14.4. The molecule has 0 unspecified atom stereocenters. The second-order valence-electron chi connectivity index (χ2n) is 6.71. The van der Waals surface area contributed by atoms with E-state index in [4.69, 9.17) is 20.8 Å². The second kappa shape index (κ2) is 9.82. The summed E-state index contributed by atoms with van der Waals surface area (Å²) in [6.45, 7) is 2.68. The number of carbonyl (C=O) groups is 1. The van der Waals surface area contributed by atoms with Crippen molar-refractivity contribution in [2.24, 2.45) is 0 Å². The molecule has 30 heavy (non-hydrogen) atoms. The third-order valence-electron chi connectivity index (χ3n) is 4.40. The number of sulfone groups is 1. The second-order valence-corrected chi connectivity index (χ2v) is 9.14. The van der Waals surface area contributed by atoms with Crippen molar-refractivity contribution < 1.29 is 22.4 Å². The van der Waals surface area contributed by atoms with Crippen molar-refractivity contribution in [1.29, 1.82) is 0 Å². The van der Waals surface area contributed by atoms with Gasteiger partial charge in [-0.05, 0) is 55.3 Å². The molecular formula is C22H22ClNO5S. The lowest BCUT2D eigenvalue weighted by atomic mass is 10.2. The van der Waals surface area contributed by atoms with Gasteiger partial charge in [-0.1, -0.05) is 29.8 Å². The summed E-state index contributed by atoms with van der Waals surface area (Å²) in [6, 6.07) is 15.0. The normalized spacial score (nSPS) is 11.3. The summed E-state index contributed by atoms with van der Waals surface area (Å²) in [7, 11) is -3.58. The van der Waals surface area contributed by atoms with Gasteiger partial charge in [0.15, 0.2) is 15.6 Å². The monoisotopic (exact) mass is 447 g/mol. The Morgan fingerprint density at radius 3 is 2.63 bits per heavy atom. The van der Waals surface area contributed by atoms with E-state index in [2.05, 4.69) is 5.32 Å². The topological polar surface area (TPSA) is 85.6 Å². The highest BCUT2D eigenvalue weighted by Crippen LogP contribution is 2.22. The molecule has 1 N–H and O–H groups in total. The third-order valence-corrected chi connectivity index (χ3v) is 6.32. The van der Waals surface area contributed by atoms with Crippen LogP contribution in [0.4, 0.5) is 0 Å². The number of hydrogen-bond acceptors (Lipinski definition) is 5. The van der Waals surface area contributed by atoms with Crippen molar-refractivity contribution in [3.8, 4) is 5.75 Å². The van der Waals surface area contributed by atoms with Gasteiger partial charge in [0.05, 0.1) is 23.5 Å². The van der Waals surface area contributed by atoms with Gasteiger partial charge in [-0.2, -0.15) is 0 Å². The van der Waals surface area contributed by atoms with Crippen molar-refractivity contribution in [3.63, 3.8) is 0 Å². The van der Waals surface area contributed by atoms with Gasteiger partial charge in [-0.15, -0.1) is 0 Å². The number of hydrogen-bond donors (Lipinski definition) is 1. The van der Waals surface area contributed by atoms with Crippen LogP contribution in [0.15, 0.2) is 70.2 Å². The largest absolute Gasteiger partial charge is 0.493 e. The lowest BCUT2D eigenvalue weighted by Crippen LogP contribution is -2.26. The fourth-order valence-electron chi connectivity index (χ4n) is 2.88. The Morgan fingerprint density at radius 2 is 1.90 bits per heavy atom. The van der Waals surface area contributed by atoms with Crippen LogP contribution in [0.2, 0.25) is 5.02 Å². The number of furan rings is 1. The number of carbonyl (C=O) groups excluding carboxylic acids is 1. The quantitative estimate of drug-likeness (QED) is 0.491. The zero-order valence-corrected chi connectivity index (χ0v) is 18.0. The van der Waals surface area contributed by atoms with Gasteiger partial charge in [0.1, 0.15) is 5.75 Å². The summed E-state index contributed by atoms with van der Waals surface area (Å²) in [5.74, 6) is -0.0232. The molecule has 0 saturated carbocycles. The molecule has 0 saturated heterocycles. The van der Waals surface area contributed by atoms with Gasteiger partial charge >= 0.3 is 0 Å². The average molecular weight is 448 g/mol. The van der Waals surface area contributed by atoms with Crippen LogP contribution in [-0.4, -0.2) is 27.5 Å². The Labute approximate surface area is 180 Å². The molecule has 0 radical (unpaired) electrons. The van der Waals surface area contributed by atoms with Crippen molar-refractivity contribution in [2.45, 2.75) is 24.0 Å². The molecule has 0 aliphatic heterocycles. The van der Waals surface area contributed by atoms with Crippen LogP contribution in [0.3, 0.4) is 0 Å². The lowest BCUT2D eigenvalue weighted by Gasteiger charge is -2.10. The third kappa shape index (κ3) is 5.64. The number of ether oxygens (including phenoxy) is 1. The molecule has 1 aromatic heterocycles. The van der Waals surface area contributed by atoms with Crippen molar-refractivity contribution in [2.75, 3.05) is 13.2 Å². The first-order valence-corrected chi connectivity index (χ1v) is 11.4. The van der Waals surface area contributed by atoms with E-state index in [-0.39, 0.29) is 16.4 Å². The minimum atomic E-state index is -3.58. The van der Waals surface area contributed by atoms with Crippen LogP contribution in [0.1, 0.15) is 28.1 Å². The predicted octanol–water partition coefficient (Wildman–Crippen LogP) is 4.41. The summed E-state index contributed by atoms with van der Waals surface area (Å²) in [6.07, 6.45) is 1.89. The zero-order chi connectivity index (χ0) is 21.6. The molecule has 0 aliphatic rings. The van der Waals surface area contributed by atoms with Crippen molar-refractivity contribution in [3.05, 3.63) is 82.8 Å². The Hall–Kier alpha value is -2.77. The minimum Gasteiger partial charge on any atom is -0.493 e. The number of aryl methyl sites for hydroxylation is 1. The van der Waals surface area contributed by atoms with E-state index in [1.807, 2.05) is 13.0 Å². The molecule has 1 heterocycles. The summed E-state index contributed by atoms with van der Waals surface area (Å²) in [5, 5.41) is 3.38. The molecule has 0 spiro atoms. The van der Waals surface area contributed by atoms with Gasteiger partial charge in [0, 0.05) is 17.1 Å². The van der Waals surface area contributed by atoms with Gasteiger partial charge < -0.3 is 14.5 Å². The number of benzene rings is 2. The van der Waals surface area contributed by atoms with Gasteiger partial charge in [-0.3, -0.25) is 4.79 Å². The van der Waals surface area contributed by atoms with Crippen LogP contribution < -0.4 is 10.1 Å². The number of rotatable bonds is 9. The van der Waals surface area contributed by atoms with E-state index in [9.17, 15) is 13.2 Å². The standard InChI is InChI=1S/C22H22ClNO5S/c1-16-14-18(23)8-9-20(16)28-12-5-11-24-22(25)21-17(10-13-29-21)15-30(26,27)19-6-3-2-4-7-19/h2-4,6-10,13-14H,5,11-12,15H2,1H3,(H,24,25). The molecule has 0 aliphatic carbocycles.